The van der Waals surface area contributed by atoms with E-state index in [-0.39, 0.29) is 9.92 Å². The third-order valence-corrected chi connectivity index (χ3v) is 6.09. The van der Waals surface area contributed by atoms with Crippen molar-refractivity contribution in [3.05, 3.63) is 63.2 Å². The van der Waals surface area contributed by atoms with Crippen LogP contribution in [0.2, 0.25) is 5.02 Å². The van der Waals surface area contributed by atoms with Gasteiger partial charge in [0, 0.05) is 18.9 Å². The van der Waals surface area contributed by atoms with Crippen LogP contribution in [0, 0.1) is 10.1 Å². The summed E-state index contributed by atoms with van der Waals surface area (Å²) in [6.45, 7) is 0. The Labute approximate surface area is 149 Å². The van der Waals surface area contributed by atoms with E-state index in [9.17, 15) is 18.5 Å². The van der Waals surface area contributed by atoms with E-state index in [1.165, 1.54) is 19.2 Å². The molecule has 0 saturated heterocycles. The summed E-state index contributed by atoms with van der Waals surface area (Å²) in [6, 6.07) is 10.6. The first-order chi connectivity index (χ1) is 11.3. The lowest BCUT2D eigenvalue weighted by atomic mass is 10.2. The van der Waals surface area contributed by atoms with Crippen LogP contribution in [0.15, 0.2) is 47.4 Å². The molecule has 0 N–H and O–H groups in total. The number of rotatable bonds is 6. The average molecular weight is 387 g/mol. The maximum Gasteiger partial charge on any atom is 0.289 e. The fourth-order valence-electron chi connectivity index (χ4n) is 2.18. The van der Waals surface area contributed by atoms with Crippen molar-refractivity contribution in [3.8, 4) is 0 Å². The molecule has 2 rings (SSSR count). The molecule has 0 unspecified atom stereocenters. The van der Waals surface area contributed by atoms with E-state index in [2.05, 4.69) is 0 Å². The van der Waals surface area contributed by atoms with Crippen LogP contribution in [-0.4, -0.2) is 26.6 Å². The van der Waals surface area contributed by atoms with Crippen LogP contribution in [0.3, 0.4) is 0 Å². The minimum atomic E-state index is -3.94. The fraction of sp³-hybridized carbons (Fsp3) is 0.200. The molecule has 0 spiro atoms. The molecule has 9 heteroatoms. The van der Waals surface area contributed by atoms with Crippen LogP contribution in [0.25, 0.3) is 0 Å². The molecule has 0 heterocycles. The SMILES string of the molecule is CSCc1ccccc1N(C)S(=O)(=O)c1ccc(Cl)c([N+](=O)[O-])c1. The Morgan fingerprint density at radius 2 is 1.92 bits per heavy atom. The van der Waals surface area contributed by atoms with Crippen molar-refractivity contribution in [2.24, 2.45) is 0 Å². The number of nitro groups is 1. The zero-order valence-electron chi connectivity index (χ0n) is 13.0. The van der Waals surface area contributed by atoms with Gasteiger partial charge in [0.05, 0.1) is 15.5 Å². The van der Waals surface area contributed by atoms with Crippen molar-refractivity contribution in [3.63, 3.8) is 0 Å². The molecule has 0 aliphatic heterocycles. The molecule has 128 valence electrons. The highest BCUT2D eigenvalue weighted by atomic mass is 35.5. The quantitative estimate of drug-likeness (QED) is 0.555. The Morgan fingerprint density at radius 3 is 2.54 bits per heavy atom. The predicted molar refractivity (Wildman–Crippen MR) is 97.4 cm³/mol. The van der Waals surface area contributed by atoms with Gasteiger partial charge in [-0.2, -0.15) is 11.8 Å². The summed E-state index contributed by atoms with van der Waals surface area (Å²) >= 11 is 7.32. The number of thioether (sulfide) groups is 1. The number of para-hydroxylation sites is 1. The number of hydrogen-bond donors (Lipinski definition) is 0. The average Bonchev–Trinajstić information content (AvgIpc) is 2.55. The maximum atomic E-state index is 12.8. The summed E-state index contributed by atoms with van der Waals surface area (Å²) in [7, 11) is -2.52. The highest BCUT2D eigenvalue weighted by molar-refractivity contribution is 7.97. The van der Waals surface area contributed by atoms with Gasteiger partial charge in [-0.25, -0.2) is 8.42 Å². The number of halogens is 1. The van der Waals surface area contributed by atoms with Gasteiger partial charge < -0.3 is 0 Å². The highest BCUT2D eigenvalue weighted by Gasteiger charge is 2.26. The summed E-state index contributed by atoms with van der Waals surface area (Å²) in [4.78, 5) is 10.1. The lowest BCUT2D eigenvalue weighted by Crippen LogP contribution is -2.27. The van der Waals surface area contributed by atoms with Crippen LogP contribution in [0.5, 0.6) is 0 Å². The van der Waals surface area contributed by atoms with Gasteiger partial charge in [-0.15, -0.1) is 0 Å². The molecule has 6 nitrogen and oxygen atoms in total. The Balaban J connectivity index is 2.51. The second-order valence-electron chi connectivity index (χ2n) is 4.90. The topological polar surface area (TPSA) is 80.5 Å². The first-order valence-electron chi connectivity index (χ1n) is 6.78. The number of hydrogen-bond acceptors (Lipinski definition) is 5. The van der Waals surface area contributed by atoms with Crippen molar-refractivity contribution >= 4 is 44.8 Å². The summed E-state index contributed by atoms with van der Waals surface area (Å²) < 4.78 is 26.8. The van der Waals surface area contributed by atoms with Crippen molar-refractivity contribution in [2.45, 2.75) is 10.6 Å². The summed E-state index contributed by atoms with van der Waals surface area (Å²) in [5, 5.41) is 10.9. The minimum absolute atomic E-state index is 0.107. The van der Waals surface area contributed by atoms with Crippen LogP contribution < -0.4 is 4.31 Å². The predicted octanol–water partition coefficient (Wildman–Crippen LogP) is 3.94. The zero-order chi connectivity index (χ0) is 17.9. The Hall–Kier alpha value is -1.77. The molecule has 2 aromatic rings. The summed E-state index contributed by atoms with van der Waals surface area (Å²) in [5.74, 6) is 0.650. The van der Waals surface area contributed by atoms with Gasteiger partial charge in [-0.3, -0.25) is 14.4 Å². The molecule has 0 aromatic heterocycles. The van der Waals surface area contributed by atoms with E-state index in [1.54, 1.807) is 23.9 Å². The van der Waals surface area contributed by atoms with Gasteiger partial charge in [-0.1, -0.05) is 29.8 Å². The van der Waals surface area contributed by atoms with E-state index >= 15 is 0 Å². The molecule has 0 radical (unpaired) electrons. The van der Waals surface area contributed by atoms with E-state index in [0.717, 1.165) is 15.9 Å². The van der Waals surface area contributed by atoms with Crippen molar-refractivity contribution in [1.29, 1.82) is 0 Å². The third kappa shape index (κ3) is 3.66. The lowest BCUT2D eigenvalue weighted by Gasteiger charge is -2.22. The molecule has 0 aliphatic carbocycles. The van der Waals surface area contributed by atoms with Crippen LogP contribution in [0.1, 0.15) is 5.56 Å². The molecular weight excluding hydrogens is 372 g/mol. The van der Waals surface area contributed by atoms with E-state index in [1.807, 2.05) is 18.4 Å². The number of benzene rings is 2. The van der Waals surface area contributed by atoms with Gasteiger partial charge in [0.1, 0.15) is 5.02 Å². The largest absolute Gasteiger partial charge is 0.289 e. The van der Waals surface area contributed by atoms with Crippen LogP contribution >= 0.6 is 23.4 Å². The number of sulfonamides is 1. The van der Waals surface area contributed by atoms with Crippen molar-refractivity contribution < 1.29 is 13.3 Å². The van der Waals surface area contributed by atoms with Gasteiger partial charge in [0.15, 0.2) is 0 Å². The molecule has 0 bridgehead atoms. The van der Waals surface area contributed by atoms with E-state index in [0.29, 0.717) is 11.4 Å². The highest BCUT2D eigenvalue weighted by Crippen LogP contribution is 2.31. The Morgan fingerprint density at radius 1 is 1.25 bits per heavy atom. The summed E-state index contributed by atoms with van der Waals surface area (Å²) in [5.41, 5.74) is 0.951. The minimum Gasteiger partial charge on any atom is -0.269 e. The Kier molecular flexibility index (Phi) is 5.74. The standard InChI is InChI=1S/C15H15ClN2O4S2/c1-17(14-6-4-3-5-11(14)10-23-2)24(21,22)12-7-8-13(16)15(9-12)18(19)20/h3-9H,10H2,1-2H3. The molecule has 0 fully saturated rings. The van der Waals surface area contributed by atoms with Crippen LogP contribution in [-0.2, 0) is 15.8 Å². The first-order valence-corrected chi connectivity index (χ1v) is 10.00. The van der Waals surface area contributed by atoms with Gasteiger partial charge in [0.25, 0.3) is 15.7 Å². The maximum absolute atomic E-state index is 12.8. The van der Waals surface area contributed by atoms with Gasteiger partial charge in [0.2, 0.25) is 0 Å². The van der Waals surface area contributed by atoms with E-state index in [4.69, 9.17) is 11.6 Å². The number of anilines is 1. The van der Waals surface area contributed by atoms with Crippen molar-refractivity contribution in [2.75, 3.05) is 17.6 Å². The molecule has 0 saturated carbocycles. The van der Waals surface area contributed by atoms with Gasteiger partial charge in [-0.05, 0) is 30.0 Å². The molecular formula is C15H15ClN2O4S2. The fourth-order valence-corrected chi connectivity index (χ4v) is 4.17. The summed E-state index contributed by atoms with van der Waals surface area (Å²) in [6.07, 6.45) is 1.92. The monoisotopic (exact) mass is 386 g/mol. The lowest BCUT2D eigenvalue weighted by molar-refractivity contribution is -0.384. The molecule has 2 aromatic carbocycles. The number of nitro benzene ring substituents is 1. The molecule has 0 amide bonds. The molecule has 0 atom stereocenters. The molecule has 0 aliphatic rings. The third-order valence-electron chi connectivity index (χ3n) is 3.40. The van der Waals surface area contributed by atoms with Gasteiger partial charge >= 0.3 is 0 Å². The smallest absolute Gasteiger partial charge is 0.269 e. The normalized spacial score (nSPS) is 11.3. The zero-order valence-corrected chi connectivity index (χ0v) is 15.4. The van der Waals surface area contributed by atoms with E-state index < -0.39 is 20.6 Å². The second-order valence-corrected chi connectivity index (χ2v) is 8.15. The Bertz CT molecular complexity index is 872. The first kappa shape index (κ1) is 18.6. The van der Waals surface area contributed by atoms with Crippen LogP contribution in [0.4, 0.5) is 11.4 Å². The molecule has 24 heavy (non-hydrogen) atoms. The number of nitrogens with zero attached hydrogens (tertiary/aromatic N) is 2. The second kappa shape index (κ2) is 7.42. The van der Waals surface area contributed by atoms with Crippen molar-refractivity contribution in [1.82, 2.24) is 0 Å².